The van der Waals surface area contributed by atoms with E-state index in [0.29, 0.717) is 0 Å². The summed E-state index contributed by atoms with van der Waals surface area (Å²) in [7, 11) is 0. The first kappa shape index (κ1) is 16.3. The highest BCUT2D eigenvalue weighted by atomic mass is 16.5. The molecule has 2 nitrogen and oxygen atoms in total. The highest BCUT2D eigenvalue weighted by Gasteiger charge is 2.44. The van der Waals surface area contributed by atoms with E-state index < -0.39 is 0 Å². The molecule has 0 N–H and O–H groups in total. The van der Waals surface area contributed by atoms with Gasteiger partial charge in [0.1, 0.15) is 6.10 Å². The Kier molecular flexibility index (Phi) is 5.46. The van der Waals surface area contributed by atoms with Gasteiger partial charge in [0.2, 0.25) is 0 Å². The second kappa shape index (κ2) is 7.36. The molecule has 3 rings (SSSR count). The maximum absolute atomic E-state index is 11.2. The van der Waals surface area contributed by atoms with Crippen molar-refractivity contribution < 1.29 is 9.53 Å². The van der Waals surface area contributed by atoms with Gasteiger partial charge in [-0.2, -0.15) is 0 Å². The summed E-state index contributed by atoms with van der Waals surface area (Å²) in [5.41, 5.74) is 0. The number of hydrogen-bond donors (Lipinski definition) is 0. The highest BCUT2D eigenvalue weighted by Crippen LogP contribution is 2.53. The number of hydrogen-bond acceptors (Lipinski definition) is 2. The van der Waals surface area contributed by atoms with Crippen molar-refractivity contribution in [2.75, 3.05) is 0 Å². The maximum atomic E-state index is 11.2. The van der Waals surface area contributed by atoms with E-state index in [0.717, 1.165) is 42.4 Å². The van der Waals surface area contributed by atoms with Crippen LogP contribution in [0.4, 0.5) is 0 Å². The fraction of sp³-hybridized carbons (Fsp3) is 0.950. The predicted molar refractivity (Wildman–Crippen MR) is 89.5 cm³/mol. The lowest BCUT2D eigenvalue weighted by atomic mass is 9.56. The Hall–Kier alpha value is -0.530. The molecular weight excluding hydrogens is 272 g/mol. The van der Waals surface area contributed by atoms with Gasteiger partial charge in [0.15, 0.2) is 0 Å². The largest absolute Gasteiger partial charge is 0.463 e. The Bertz CT molecular complexity index is 378. The average Bonchev–Trinajstić information content (AvgIpc) is 2.51. The number of rotatable bonds is 4. The second-order valence-corrected chi connectivity index (χ2v) is 8.29. The third-order valence-electron chi connectivity index (χ3n) is 6.90. The molecule has 0 heterocycles. The van der Waals surface area contributed by atoms with E-state index in [-0.39, 0.29) is 12.1 Å². The van der Waals surface area contributed by atoms with Gasteiger partial charge in [0.25, 0.3) is 0 Å². The molecule has 4 unspecified atom stereocenters. The molecule has 0 aromatic carbocycles. The van der Waals surface area contributed by atoms with Gasteiger partial charge in [0, 0.05) is 6.92 Å². The zero-order chi connectivity index (χ0) is 15.5. The normalized spacial score (nSPS) is 41.4. The maximum Gasteiger partial charge on any atom is 0.302 e. The highest BCUT2D eigenvalue weighted by molar-refractivity contribution is 5.66. The molecule has 3 saturated carbocycles. The molecule has 2 heteroatoms. The van der Waals surface area contributed by atoms with Crippen LogP contribution in [0.1, 0.15) is 84.5 Å². The molecule has 3 aliphatic rings. The van der Waals surface area contributed by atoms with Crippen LogP contribution in [0.5, 0.6) is 0 Å². The van der Waals surface area contributed by atoms with Crippen molar-refractivity contribution in [3.8, 4) is 0 Å². The molecule has 0 bridgehead atoms. The van der Waals surface area contributed by atoms with E-state index in [4.69, 9.17) is 4.74 Å². The molecule has 0 aromatic heterocycles. The van der Waals surface area contributed by atoms with Gasteiger partial charge in [-0.1, -0.05) is 32.6 Å². The number of ether oxygens (including phenoxy) is 1. The smallest absolute Gasteiger partial charge is 0.302 e. The zero-order valence-electron chi connectivity index (χ0n) is 14.6. The number of carbonyl (C=O) groups excluding carboxylic acids is 1. The summed E-state index contributed by atoms with van der Waals surface area (Å²) < 4.78 is 5.50. The van der Waals surface area contributed by atoms with E-state index in [2.05, 4.69) is 6.92 Å². The third-order valence-corrected chi connectivity index (χ3v) is 6.90. The van der Waals surface area contributed by atoms with Gasteiger partial charge in [-0.25, -0.2) is 0 Å². The van der Waals surface area contributed by atoms with Crippen LogP contribution in [0.2, 0.25) is 0 Å². The Morgan fingerprint density at radius 1 is 0.955 bits per heavy atom. The van der Waals surface area contributed by atoms with Crippen molar-refractivity contribution in [2.45, 2.75) is 90.6 Å². The van der Waals surface area contributed by atoms with Crippen molar-refractivity contribution in [3.05, 3.63) is 0 Å². The summed E-state index contributed by atoms with van der Waals surface area (Å²) in [5, 5.41) is 0. The summed E-state index contributed by atoms with van der Waals surface area (Å²) in [6.45, 7) is 3.87. The van der Waals surface area contributed by atoms with Crippen molar-refractivity contribution in [1.82, 2.24) is 0 Å². The van der Waals surface area contributed by atoms with E-state index in [9.17, 15) is 4.79 Å². The Morgan fingerprint density at radius 3 is 2.32 bits per heavy atom. The molecule has 0 aliphatic heterocycles. The fourth-order valence-electron chi connectivity index (χ4n) is 5.95. The van der Waals surface area contributed by atoms with Crippen molar-refractivity contribution in [2.24, 2.45) is 29.6 Å². The molecule has 0 saturated heterocycles. The number of unbranched alkanes of at least 4 members (excludes halogenated alkanes) is 1. The van der Waals surface area contributed by atoms with Gasteiger partial charge in [-0.05, 0) is 74.5 Å². The Balaban J connectivity index is 1.54. The molecule has 0 radical (unpaired) electrons. The minimum atomic E-state index is -0.0893. The summed E-state index contributed by atoms with van der Waals surface area (Å²) in [4.78, 5) is 11.2. The standard InChI is InChI=1S/C20H34O2/c1-3-4-5-15-6-10-19-16(12-15)7-8-17-13-18(22-14(2)21)9-11-20(17)19/h15-20H,3-13H2,1-2H3/t15-,16?,17?,18-,19?,20?/m0/s1. The minimum absolute atomic E-state index is 0.0893. The molecule has 3 aliphatic carbocycles. The lowest BCUT2D eigenvalue weighted by Crippen LogP contribution is -2.43. The quantitative estimate of drug-likeness (QED) is 0.654. The van der Waals surface area contributed by atoms with Gasteiger partial charge in [-0.3, -0.25) is 4.79 Å². The van der Waals surface area contributed by atoms with Crippen LogP contribution in [-0.2, 0) is 9.53 Å². The molecule has 6 atom stereocenters. The molecule has 0 spiro atoms. The molecule has 126 valence electrons. The van der Waals surface area contributed by atoms with Crippen LogP contribution in [0.3, 0.4) is 0 Å². The lowest BCUT2D eigenvalue weighted by Gasteiger charge is -2.50. The monoisotopic (exact) mass is 306 g/mol. The van der Waals surface area contributed by atoms with Crippen LogP contribution in [-0.4, -0.2) is 12.1 Å². The Labute approximate surface area is 136 Å². The third kappa shape index (κ3) is 3.68. The van der Waals surface area contributed by atoms with Gasteiger partial charge in [0.05, 0.1) is 0 Å². The summed E-state index contributed by atoms with van der Waals surface area (Å²) in [6, 6.07) is 0. The van der Waals surface area contributed by atoms with Crippen LogP contribution in [0.15, 0.2) is 0 Å². The molecule has 3 fully saturated rings. The molecule has 0 aromatic rings. The first-order valence-electron chi connectivity index (χ1n) is 9.84. The molecule has 22 heavy (non-hydrogen) atoms. The van der Waals surface area contributed by atoms with E-state index >= 15 is 0 Å². The van der Waals surface area contributed by atoms with E-state index in [1.807, 2.05) is 0 Å². The van der Waals surface area contributed by atoms with Gasteiger partial charge < -0.3 is 4.74 Å². The van der Waals surface area contributed by atoms with Crippen LogP contribution >= 0.6 is 0 Å². The summed E-state index contributed by atoms with van der Waals surface area (Å²) in [5.74, 6) is 4.73. The fourth-order valence-corrected chi connectivity index (χ4v) is 5.95. The van der Waals surface area contributed by atoms with Gasteiger partial charge in [-0.15, -0.1) is 0 Å². The first-order chi connectivity index (χ1) is 10.7. The number of fused-ring (bicyclic) bond motifs is 3. The molecular formula is C20H34O2. The van der Waals surface area contributed by atoms with Crippen LogP contribution in [0, 0.1) is 29.6 Å². The summed E-state index contributed by atoms with van der Waals surface area (Å²) >= 11 is 0. The second-order valence-electron chi connectivity index (χ2n) is 8.29. The van der Waals surface area contributed by atoms with Crippen LogP contribution in [0.25, 0.3) is 0 Å². The average molecular weight is 306 g/mol. The first-order valence-corrected chi connectivity index (χ1v) is 9.84. The summed E-state index contributed by atoms with van der Waals surface area (Å²) in [6.07, 6.45) is 15.4. The van der Waals surface area contributed by atoms with Crippen molar-refractivity contribution in [1.29, 1.82) is 0 Å². The zero-order valence-corrected chi connectivity index (χ0v) is 14.6. The van der Waals surface area contributed by atoms with E-state index in [1.54, 1.807) is 6.92 Å². The van der Waals surface area contributed by atoms with Crippen LogP contribution < -0.4 is 0 Å². The topological polar surface area (TPSA) is 26.3 Å². The lowest BCUT2D eigenvalue weighted by molar-refractivity contribution is -0.151. The predicted octanol–water partition coefficient (Wildman–Crippen LogP) is 5.35. The van der Waals surface area contributed by atoms with Gasteiger partial charge >= 0.3 is 5.97 Å². The van der Waals surface area contributed by atoms with E-state index in [1.165, 1.54) is 57.8 Å². The Morgan fingerprint density at radius 2 is 1.64 bits per heavy atom. The van der Waals surface area contributed by atoms with Crippen molar-refractivity contribution >= 4 is 5.97 Å². The minimum Gasteiger partial charge on any atom is -0.463 e. The number of esters is 1. The SMILES string of the molecule is CCCC[C@H]1CCC2C(CCC3C[C@@H](OC(C)=O)CCC32)C1. The van der Waals surface area contributed by atoms with Crippen molar-refractivity contribution in [3.63, 3.8) is 0 Å². The molecule has 0 amide bonds. The number of carbonyl (C=O) groups is 1.